The van der Waals surface area contributed by atoms with E-state index in [4.69, 9.17) is 11.6 Å². The minimum Gasteiger partial charge on any atom is -0.382 e. The highest BCUT2D eigenvalue weighted by Gasteiger charge is 2.20. The number of aromatic nitrogens is 2. The lowest BCUT2D eigenvalue weighted by molar-refractivity contribution is 0.274. The number of nitrogens with zero attached hydrogens (tertiary/aromatic N) is 2. The molecule has 0 aliphatic carbocycles. The van der Waals surface area contributed by atoms with E-state index >= 15 is 0 Å². The van der Waals surface area contributed by atoms with Crippen LogP contribution in [0.4, 0.5) is 5.69 Å². The average molecular weight is 286 g/mol. The Balaban J connectivity index is 2.87. The molecule has 0 bridgehead atoms. The SMILES string of the molecule is CC(C)n1ncc(NCC(C)C(C)(C)C)c(Cl)c1=O. The molecule has 5 heteroatoms. The van der Waals surface area contributed by atoms with Crippen LogP contribution in [0.5, 0.6) is 0 Å². The molecule has 1 rings (SSSR count). The summed E-state index contributed by atoms with van der Waals surface area (Å²) in [5.74, 6) is 0.455. The summed E-state index contributed by atoms with van der Waals surface area (Å²) in [5.41, 5.74) is 0.574. The molecule has 0 radical (unpaired) electrons. The van der Waals surface area contributed by atoms with E-state index < -0.39 is 0 Å². The highest BCUT2D eigenvalue weighted by atomic mass is 35.5. The average Bonchev–Trinajstić information content (AvgIpc) is 2.28. The minimum atomic E-state index is -0.245. The molecule has 1 N–H and O–H groups in total. The van der Waals surface area contributed by atoms with Gasteiger partial charge in [0.2, 0.25) is 0 Å². The Bertz CT molecular complexity index is 488. The lowest BCUT2D eigenvalue weighted by Crippen LogP contribution is -2.28. The van der Waals surface area contributed by atoms with Gasteiger partial charge in [-0.25, -0.2) is 4.68 Å². The molecule has 1 atom stereocenters. The van der Waals surface area contributed by atoms with Crippen molar-refractivity contribution in [3.8, 4) is 0 Å². The molecule has 19 heavy (non-hydrogen) atoms. The monoisotopic (exact) mass is 285 g/mol. The zero-order valence-corrected chi connectivity index (χ0v) is 13.4. The maximum Gasteiger partial charge on any atom is 0.287 e. The Kier molecular flexibility index (Phi) is 5.02. The quantitative estimate of drug-likeness (QED) is 0.920. The van der Waals surface area contributed by atoms with Crippen molar-refractivity contribution in [2.45, 2.75) is 47.6 Å². The number of rotatable bonds is 4. The molecule has 1 unspecified atom stereocenters. The molecule has 1 heterocycles. The van der Waals surface area contributed by atoms with Gasteiger partial charge < -0.3 is 5.32 Å². The van der Waals surface area contributed by atoms with Gasteiger partial charge in [0.25, 0.3) is 5.56 Å². The molecular formula is C14H24ClN3O. The topological polar surface area (TPSA) is 46.9 Å². The Hall–Kier alpha value is -1.03. The van der Waals surface area contributed by atoms with Gasteiger partial charge in [0, 0.05) is 6.54 Å². The third-order valence-corrected chi connectivity index (χ3v) is 3.88. The van der Waals surface area contributed by atoms with E-state index in [9.17, 15) is 4.79 Å². The zero-order chi connectivity index (χ0) is 14.8. The van der Waals surface area contributed by atoms with E-state index in [1.165, 1.54) is 4.68 Å². The van der Waals surface area contributed by atoms with Crippen molar-refractivity contribution in [3.05, 3.63) is 21.6 Å². The molecule has 0 amide bonds. The summed E-state index contributed by atoms with van der Waals surface area (Å²) in [5, 5.41) is 7.57. The van der Waals surface area contributed by atoms with Crippen molar-refractivity contribution in [2.24, 2.45) is 11.3 Å². The summed E-state index contributed by atoms with van der Waals surface area (Å²) in [6.07, 6.45) is 1.62. The number of nitrogens with one attached hydrogen (secondary N) is 1. The molecule has 0 saturated heterocycles. The van der Waals surface area contributed by atoms with Crippen molar-refractivity contribution in [3.63, 3.8) is 0 Å². The normalized spacial score (nSPS) is 13.7. The van der Waals surface area contributed by atoms with Gasteiger partial charge in [0.1, 0.15) is 5.02 Å². The smallest absolute Gasteiger partial charge is 0.287 e. The second-order valence-electron chi connectivity index (χ2n) is 6.36. The first kappa shape index (κ1) is 16.0. The van der Waals surface area contributed by atoms with Gasteiger partial charge >= 0.3 is 0 Å². The number of anilines is 1. The van der Waals surface area contributed by atoms with Crippen LogP contribution in [0, 0.1) is 11.3 Å². The van der Waals surface area contributed by atoms with Crippen molar-refractivity contribution in [2.75, 3.05) is 11.9 Å². The number of hydrogen-bond acceptors (Lipinski definition) is 3. The van der Waals surface area contributed by atoms with Crippen molar-refractivity contribution < 1.29 is 0 Å². The second kappa shape index (κ2) is 5.95. The first-order valence-corrected chi connectivity index (χ1v) is 7.03. The van der Waals surface area contributed by atoms with Crippen LogP contribution < -0.4 is 10.9 Å². The highest BCUT2D eigenvalue weighted by molar-refractivity contribution is 6.32. The first-order chi connectivity index (χ1) is 8.64. The van der Waals surface area contributed by atoms with Gasteiger partial charge in [-0.3, -0.25) is 4.79 Å². The number of halogens is 1. The second-order valence-corrected chi connectivity index (χ2v) is 6.74. The van der Waals surface area contributed by atoms with Crippen molar-refractivity contribution >= 4 is 17.3 Å². The van der Waals surface area contributed by atoms with E-state index in [1.54, 1.807) is 6.20 Å². The van der Waals surface area contributed by atoms with E-state index in [1.807, 2.05) is 13.8 Å². The Morgan fingerprint density at radius 3 is 2.42 bits per heavy atom. The predicted octanol–water partition coefficient (Wildman–Crippen LogP) is 3.57. The third kappa shape index (κ3) is 3.96. The van der Waals surface area contributed by atoms with Crippen LogP contribution in [0.1, 0.15) is 47.6 Å². The summed E-state index contributed by atoms with van der Waals surface area (Å²) in [6.45, 7) is 13.3. The molecule has 108 valence electrons. The molecule has 0 saturated carbocycles. The van der Waals surface area contributed by atoms with Gasteiger partial charge in [-0.2, -0.15) is 5.10 Å². The minimum absolute atomic E-state index is 0.00699. The third-order valence-electron chi connectivity index (χ3n) is 3.51. The largest absolute Gasteiger partial charge is 0.382 e. The molecule has 0 aliphatic heterocycles. The van der Waals surface area contributed by atoms with Crippen LogP contribution >= 0.6 is 11.6 Å². The molecular weight excluding hydrogens is 262 g/mol. The Labute approximate surface area is 120 Å². The molecule has 1 aromatic heterocycles. The number of hydrogen-bond donors (Lipinski definition) is 1. The molecule has 0 spiro atoms. The van der Waals surface area contributed by atoms with Crippen LogP contribution in [0.2, 0.25) is 5.02 Å². The summed E-state index contributed by atoms with van der Waals surface area (Å²) >= 11 is 6.10. The van der Waals surface area contributed by atoms with Crippen LogP contribution in [0.25, 0.3) is 0 Å². The fraction of sp³-hybridized carbons (Fsp3) is 0.714. The predicted molar refractivity (Wildman–Crippen MR) is 81.0 cm³/mol. The zero-order valence-electron chi connectivity index (χ0n) is 12.6. The summed E-state index contributed by atoms with van der Waals surface area (Å²) < 4.78 is 1.39. The maximum absolute atomic E-state index is 12.0. The summed E-state index contributed by atoms with van der Waals surface area (Å²) in [6, 6.07) is 0.00699. The summed E-state index contributed by atoms with van der Waals surface area (Å²) in [7, 11) is 0. The molecule has 0 aromatic carbocycles. The van der Waals surface area contributed by atoms with E-state index in [-0.39, 0.29) is 22.0 Å². The first-order valence-electron chi connectivity index (χ1n) is 6.65. The highest BCUT2D eigenvalue weighted by Crippen LogP contribution is 2.26. The van der Waals surface area contributed by atoms with Crippen LogP contribution in [0.3, 0.4) is 0 Å². The maximum atomic E-state index is 12.0. The molecule has 0 aliphatic rings. The van der Waals surface area contributed by atoms with E-state index in [2.05, 4.69) is 38.1 Å². The lowest BCUT2D eigenvalue weighted by atomic mass is 9.82. The van der Waals surface area contributed by atoms with E-state index in [0.29, 0.717) is 11.6 Å². The lowest BCUT2D eigenvalue weighted by Gasteiger charge is -2.27. The summed E-state index contributed by atoms with van der Waals surface area (Å²) in [4.78, 5) is 12.0. The molecule has 1 aromatic rings. The fourth-order valence-corrected chi connectivity index (χ4v) is 1.71. The van der Waals surface area contributed by atoms with Gasteiger partial charge in [0.05, 0.1) is 17.9 Å². The van der Waals surface area contributed by atoms with Crippen LogP contribution in [-0.2, 0) is 0 Å². The van der Waals surface area contributed by atoms with Crippen molar-refractivity contribution in [1.82, 2.24) is 9.78 Å². The van der Waals surface area contributed by atoms with E-state index in [0.717, 1.165) is 6.54 Å². The van der Waals surface area contributed by atoms with Gasteiger partial charge in [0.15, 0.2) is 0 Å². The molecule has 4 nitrogen and oxygen atoms in total. The van der Waals surface area contributed by atoms with Gasteiger partial charge in [-0.1, -0.05) is 39.3 Å². The fourth-order valence-electron chi connectivity index (χ4n) is 1.51. The van der Waals surface area contributed by atoms with Gasteiger partial charge in [-0.05, 0) is 25.2 Å². The van der Waals surface area contributed by atoms with Crippen LogP contribution in [0.15, 0.2) is 11.0 Å². The van der Waals surface area contributed by atoms with Crippen LogP contribution in [-0.4, -0.2) is 16.3 Å². The molecule has 0 fully saturated rings. The Morgan fingerprint density at radius 2 is 1.95 bits per heavy atom. The van der Waals surface area contributed by atoms with Gasteiger partial charge in [-0.15, -0.1) is 0 Å². The van der Waals surface area contributed by atoms with Crippen molar-refractivity contribution in [1.29, 1.82) is 0 Å². The Morgan fingerprint density at radius 1 is 1.37 bits per heavy atom. The standard InChI is InChI=1S/C14H24ClN3O/c1-9(2)18-13(19)12(15)11(8-17-18)16-7-10(3)14(4,5)6/h8-10,16H,7H2,1-6H3.